The van der Waals surface area contributed by atoms with Gasteiger partial charge in [0.1, 0.15) is 5.82 Å². The number of methoxy groups -OCH3 is 1. The first-order valence-corrected chi connectivity index (χ1v) is 10.2. The van der Waals surface area contributed by atoms with Crippen LogP contribution in [0.5, 0.6) is 11.6 Å². The van der Waals surface area contributed by atoms with Crippen molar-refractivity contribution in [3.8, 4) is 22.9 Å². The number of hydrogen-bond acceptors (Lipinski definition) is 7. The van der Waals surface area contributed by atoms with Gasteiger partial charge < -0.3 is 14.4 Å². The van der Waals surface area contributed by atoms with Gasteiger partial charge in [0.05, 0.1) is 30.8 Å². The summed E-state index contributed by atoms with van der Waals surface area (Å²) < 4.78 is 24.4. The molecule has 0 amide bonds. The number of piperidine rings is 1. The smallest absolute Gasteiger partial charge is 0.338 e. The fraction of sp³-hybridized carbons (Fsp3) is 0.273. The minimum Gasteiger partial charge on any atom is -0.465 e. The SMILES string of the molecule is COC(=O)c1cc(Oc2cnc(N3CCCCC3)nc2)nc(-c2cc(F)cc(Cl)c2)c1. The Morgan fingerprint density at radius 1 is 1.06 bits per heavy atom. The lowest BCUT2D eigenvalue weighted by molar-refractivity contribution is 0.0600. The Hall–Kier alpha value is -3.26. The van der Waals surface area contributed by atoms with E-state index in [-0.39, 0.29) is 16.5 Å². The molecule has 1 aliphatic rings. The number of hydrogen-bond donors (Lipinski definition) is 0. The minimum atomic E-state index is -0.576. The second kappa shape index (κ2) is 9.26. The van der Waals surface area contributed by atoms with Crippen molar-refractivity contribution in [2.24, 2.45) is 0 Å². The highest BCUT2D eigenvalue weighted by Gasteiger charge is 2.16. The molecule has 9 heteroatoms. The first kappa shape index (κ1) is 21.0. The second-order valence-corrected chi connectivity index (χ2v) is 7.53. The van der Waals surface area contributed by atoms with E-state index in [4.69, 9.17) is 21.1 Å². The van der Waals surface area contributed by atoms with Gasteiger partial charge in [0.25, 0.3) is 0 Å². The first-order chi connectivity index (χ1) is 15.0. The summed E-state index contributed by atoms with van der Waals surface area (Å²) >= 11 is 5.97. The molecule has 0 radical (unpaired) electrons. The van der Waals surface area contributed by atoms with Crippen LogP contribution < -0.4 is 9.64 Å². The number of aromatic nitrogens is 3. The molecule has 3 aromatic rings. The summed E-state index contributed by atoms with van der Waals surface area (Å²) in [5.41, 5.74) is 0.913. The first-order valence-electron chi connectivity index (χ1n) is 9.83. The van der Waals surface area contributed by atoms with E-state index in [9.17, 15) is 9.18 Å². The van der Waals surface area contributed by atoms with Gasteiger partial charge in [-0.05, 0) is 43.5 Å². The highest BCUT2D eigenvalue weighted by molar-refractivity contribution is 6.30. The zero-order valence-electron chi connectivity index (χ0n) is 16.8. The lowest BCUT2D eigenvalue weighted by Crippen LogP contribution is -2.30. The molecule has 0 atom stereocenters. The molecule has 0 saturated carbocycles. The summed E-state index contributed by atoms with van der Waals surface area (Å²) in [4.78, 5) is 27.4. The van der Waals surface area contributed by atoms with Crippen LogP contribution in [-0.4, -0.2) is 41.1 Å². The average molecular weight is 443 g/mol. The van der Waals surface area contributed by atoms with Crippen molar-refractivity contribution >= 4 is 23.5 Å². The highest BCUT2D eigenvalue weighted by atomic mass is 35.5. The van der Waals surface area contributed by atoms with Gasteiger partial charge in [-0.25, -0.2) is 24.1 Å². The van der Waals surface area contributed by atoms with Crippen molar-refractivity contribution in [3.05, 3.63) is 59.1 Å². The molecule has 31 heavy (non-hydrogen) atoms. The van der Waals surface area contributed by atoms with Gasteiger partial charge in [-0.2, -0.15) is 0 Å². The van der Waals surface area contributed by atoms with Crippen molar-refractivity contribution < 1.29 is 18.7 Å². The zero-order chi connectivity index (χ0) is 21.8. The number of nitrogens with zero attached hydrogens (tertiary/aromatic N) is 4. The number of esters is 1. The third-order valence-corrected chi connectivity index (χ3v) is 5.08. The maximum atomic E-state index is 13.8. The maximum Gasteiger partial charge on any atom is 0.338 e. The van der Waals surface area contributed by atoms with Crippen LogP contribution in [0.15, 0.2) is 42.7 Å². The number of anilines is 1. The van der Waals surface area contributed by atoms with Crippen LogP contribution in [0.4, 0.5) is 10.3 Å². The van der Waals surface area contributed by atoms with Gasteiger partial charge in [-0.3, -0.25) is 0 Å². The number of carbonyl (C=O) groups is 1. The Morgan fingerprint density at radius 3 is 2.48 bits per heavy atom. The molecule has 0 bridgehead atoms. The topological polar surface area (TPSA) is 77.4 Å². The second-order valence-electron chi connectivity index (χ2n) is 7.10. The van der Waals surface area contributed by atoms with Crippen molar-refractivity contribution in [1.29, 1.82) is 0 Å². The predicted octanol–water partition coefficient (Wildman–Crippen LogP) is 4.90. The largest absolute Gasteiger partial charge is 0.465 e. The summed E-state index contributed by atoms with van der Waals surface area (Å²) in [7, 11) is 1.27. The average Bonchev–Trinajstić information content (AvgIpc) is 2.79. The van der Waals surface area contributed by atoms with Crippen LogP contribution >= 0.6 is 11.6 Å². The predicted molar refractivity (Wildman–Crippen MR) is 114 cm³/mol. The van der Waals surface area contributed by atoms with E-state index in [0.717, 1.165) is 25.9 Å². The van der Waals surface area contributed by atoms with Gasteiger partial charge in [0.15, 0.2) is 5.75 Å². The monoisotopic (exact) mass is 442 g/mol. The molecule has 1 aliphatic heterocycles. The molecule has 0 unspecified atom stereocenters. The highest BCUT2D eigenvalue weighted by Crippen LogP contribution is 2.28. The molecule has 1 fully saturated rings. The minimum absolute atomic E-state index is 0.118. The summed E-state index contributed by atoms with van der Waals surface area (Å²) in [6.45, 7) is 1.87. The molecule has 3 heterocycles. The Morgan fingerprint density at radius 2 is 1.81 bits per heavy atom. The number of ether oxygens (including phenoxy) is 2. The van der Waals surface area contributed by atoms with Gasteiger partial charge in [-0.1, -0.05) is 11.6 Å². The van der Waals surface area contributed by atoms with Crippen molar-refractivity contribution in [2.45, 2.75) is 19.3 Å². The van der Waals surface area contributed by atoms with Gasteiger partial charge in [0.2, 0.25) is 11.8 Å². The Kier molecular flexibility index (Phi) is 6.27. The summed E-state index contributed by atoms with van der Waals surface area (Å²) in [6.07, 6.45) is 6.58. The van der Waals surface area contributed by atoms with Crippen LogP contribution in [0.2, 0.25) is 5.02 Å². The molecule has 1 aromatic carbocycles. The van der Waals surface area contributed by atoms with E-state index in [0.29, 0.717) is 23.0 Å². The van der Waals surface area contributed by atoms with Gasteiger partial charge in [-0.15, -0.1) is 0 Å². The van der Waals surface area contributed by atoms with Crippen molar-refractivity contribution in [3.63, 3.8) is 0 Å². The van der Waals surface area contributed by atoms with Crippen LogP contribution in [0.3, 0.4) is 0 Å². The van der Waals surface area contributed by atoms with E-state index in [1.807, 2.05) is 0 Å². The van der Waals surface area contributed by atoms with E-state index >= 15 is 0 Å². The lowest BCUT2D eigenvalue weighted by Gasteiger charge is -2.26. The van der Waals surface area contributed by atoms with E-state index in [2.05, 4.69) is 19.9 Å². The van der Waals surface area contributed by atoms with E-state index in [1.54, 1.807) is 18.5 Å². The summed E-state index contributed by atoms with van der Waals surface area (Å²) in [5, 5.41) is 0.212. The fourth-order valence-electron chi connectivity index (χ4n) is 3.38. The molecule has 4 rings (SSSR count). The Balaban J connectivity index is 1.63. The fourth-order valence-corrected chi connectivity index (χ4v) is 3.60. The van der Waals surface area contributed by atoms with Crippen LogP contribution in [0.25, 0.3) is 11.3 Å². The Labute approximate surface area is 183 Å². The standard InChI is InChI=1S/C22H20ClFN4O3/c1-30-21(29)15-9-19(14-7-16(23)11-17(24)8-14)27-20(10-15)31-18-12-25-22(26-13-18)28-5-3-2-4-6-28/h7-13H,2-6H2,1H3. The molecule has 2 aromatic heterocycles. The molecular weight excluding hydrogens is 423 g/mol. The number of benzene rings is 1. The quantitative estimate of drug-likeness (QED) is 0.520. The van der Waals surface area contributed by atoms with Crippen molar-refractivity contribution in [2.75, 3.05) is 25.1 Å². The lowest BCUT2D eigenvalue weighted by atomic mass is 10.1. The zero-order valence-corrected chi connectivity index (χ0v) is 17.6. The molecular formula is C22H20ClFN4O3. The summed E-state index contributed by atoms with van der Waals surface area (Å²) in [6, 6.07) is 6.94. The van der Waals surface area contributed by atoms with Crippen LogP contribution in [-0.2, 0) is 4.74 Å². The molecule has 0 N–H and O–H groups in total. The molecule has 7 nitrogen and oxygen atoms in total. The van der Waals surface area contributed by atoms with Crippen molar-refractivity contribution in [1.82, 2.24) is 15.0 Å². The normalized spacial score (nSPS) is 13.7. The number of pyridine rings is 1. The van der Waals surface area contributed by atoms with Crippen LogP contribution in [0, 0.1) is 5.82 Å². The molecule has 160 valence electrons. The van der Waals surface area contributed by atoms with Gasteiger partial charge >= 0.3 is 5.97 Å². The summed E-state index contributed by atoms with van der Waals surface area (Å²) in [5.74, 6) is 0.0363. The van der Waals surface area contributed by atoms with Crippen LogP contribution in [0.1, 0.15) is 29.6 Å². The number of carbonyl (C=O) groups excluding carboxylic acids is 1. The third kappa shape index (κ3) is 5.08. The molecule has 0 spiro atoms. The number of rotatable bonds is 5. The van der Waals surface area contributed by atoms with E-state index < -0.39 is 11.8 Å². The number of halogens is 2. The molecule has 1 saturated heterocycles. The molecule has 0 aliphatic carbocycles. The van der Waals surface area contributed by atoms with E-state index in [1.165, 1.54) is 37.8 Å². The maximum absolute atomic E-state index is 13.8. The Bertz CT molecular complexity index is 1070. The van der Waals surface area contributed by atoms with Gasteiger partial charge in [0, 0.05) is 29.7 Å². The third-order valence-electron chi connectivity index (χ3n) is 4.86.